The lowest BCUT2D eigenvalue weighted by molar-refractivity contribution is 0.300. The van der Waals surface area contributed by atoms with Gasteiger partial charge in [-0.3, -0.25) is 0 Å². The van der Waals surface area contributed by atoms with Gasteiger partial charge in [0, 0.05) is 22.9 Å². The highest BCUT2D eigenvalue weighted by atomic mass is 16.4. The largest absolute Gasteiger partial charge is 0.411 e. The fourth-order valence-electron chi connectivity index (χ4n) is 3.03. The molecule has 1 N–H and O–H groups in total. The number of fused-ring (bicyclic) bond motifs is 3. The predicted octanol–water partition coefficient (Wildman–Crippen LogP) is 3.56. The standard InChI is InChI=1S/C15H18N2O/c1-10-11-6-4-5-7-12(11)17-9-8-15(2,3)14(16-18)13(10)17/h4-7,18H,8-9H2,1-3H3/b16-14-. The molecule has 1 aliphatic heterocycles. The normalized spacial score (nSPS) is 20.3. The molecule has 94 valence electrons. The Morgan fingerprint density at radius 1 is 1.28 bits per heavy atom. The Hall–Kier alpha value is -1.77. The van der Waals surface area contributed by atoms with Gasteiger partial charge in [-0.05, 0) is 25.0 Å². The van der Waals surface area contributed by atoms with Gasteiger partial charge in [0.1, 0.15) is 5.71 Å². The van der Waals surface area contributed by atoms with Crippen molar-refractivity contribution in [1.82, 2.24) is 4.57 Å². The Balaban J connectivity index is 2.39. The number of hydrogen-bond acceptors (Lipinski definition) is 2. The van der Waals surface area contributed by atoms with Gasteiger partial charge in [-0.1, -0.05) is 37.2 Å². The molecule has 0 spiro atoms. The molecule has 0 aliphatic carbocycles. The number of aryl methyl sites for hydroxylation is 2. The van der Waals surface area contributed by atoms with Gasteiger partial charge in [0.25, 0.3) is 0 Å². The van der Waals surface area contributed by atoms with Gasteiger partial charge >= 0.3 is 0 Å². The Morgan fingerprint density at radius 2 is 2.00 bits per heavy atom. The second kappa shape index (κ2) is 3.61. The number of nitrogens with zero attached hydrogens (tertiary/aromatic N) is 2. The summed E-state index contributed by atoms with van der Waals surface area (Å²) in [5.41, 5.74) is 4.29. The van der Waals surface area contributed by atoms with Crippen LogP contribution in [0.25, 0.3) is 10.9 Å². The van der Waals surface area contributed by atoms with Gasteiger partial charge in [-0.2, -0.15) is 0 Å². The summed E-state index contributed by atoms with van der Waals surface area (Å²) in [6.45, 7) is 7.38. The molecular formula is C15H18N2O. The van der Waals surface area contributed by atoms with Crippen molar-refractivity contribution in [2.75, 3.05) is 0 Å². The Kier molecular flexibility index (Phi) is 2.27. The molecule has 0 fully saturated rings. The van der Waals surface area contributed by atoms with Gasteiger partial charge in [0.2, 0.25) is 0 Å². The van der Waals surface area contributed by atoms with Gasteiger partial charge in [-0.25, -0.2) is 0 Å². The van der Waals surface area contributed by atoms with Crippen molar-refractivity contribution in [3.8, 4) is 0 Å². The van der Waals surface area contributed by atoms with Crippen molar-refractivity contribution in [2.24, 2.45) is 10.6 Å². The molecule has 3 heteroatoms. The van der Waals surface area contributed by atoms with Crippen LogP contribution in [0.5, 0.6) is 0 Å². The van der Waals surface area contributed by atoms with Gasteiger partial charge in [0.05, 0.1) is 5.69 Å². The SMILES string of the molecule is Cc1c2n(c3ccccc13)CCC(C)(C)/C2=N\O. The molecule has 1 aromatic carbocycles. The van der Waals surface area contributed by atoms with E-state index in [0.717, 1.165) is 24.4 Å². The minimum absolute atomic E-state index is 0.0656. The first kappa shape index (κ1) is 11.3. The topological polar surface area (TPSA) is 37.5 Å². The van der Waals surface area contributed by atoms with Crippen LogP contribution in [0.1, 0.15) is 31.5 Å². The highest BCUT2D eigenvalue weighted by Crippen LogP contribution is 2.38. The van der Waals surface area contributed by atoms with Crippen LogP contribution in [-0.2, 0) is 6.54 Å². The molecule has 0 amide bonds. The Labute approximate surface area is 107 Å². The summed E-state index contributed by atoms with van der Waals surface area (Å²) >= 11 is 0. The van der Waals surface area contributed by atoms with E-state index in [4.69, 9.17) is 0 Å². The second-order valence-electron chi connectivity index (χ2n) is 5.72. The van der Waals surface area contributed by atoms with Crippen LogP contribution in [0.2, 0.25) is 0 Å². The third-order valence-electron chi connectivity index (χ3n) is 4.15. The molecule has 1 aliphatic rings. The second-order valence-corrected chi connectivity index (χ2v) is 5.72. The molecule has 1 aromatic heterocycles. The Bertz CT molecular complexity index is 650. The van der Waals surface area contributed by atoms with E-state index in [1.165, 1.54) is 16.5 Å². The third-order valence-corrected chi connectivity index (χ3v) is 4.15. The molecule has 3 nitrogen and oxygen atoms in total. The first-order chi connectivity index (χ1) is 8.56. The number of rotatable bonds is 0. The van der Waals surface area contributed by atoms with Gasteiger partial charge in [-0.15, -0.1) is 0 Å². The van der Waals surface area contributed by atoms with Crippen molar-refractivity contribution in [3.05, 3.63) is 35.5 Å². The molecule has 18 heavy (non-hydrogen) atoms. The van der Waals surface area contributed by atoms with E-state index in [-0.39, 0.29) is 5.41 Å². The molecule has 0 saturated carbocycles. The summed E-state index contributed by atoms with van der Waals surface area (Å²) in [6, 6.07) is 8.39. The molecule has 3 rings (SSSR count). The quantitative estimate of drug-likeness (QED) is 0.556. The van der Waals surface area contributed by atoms with Crippen LogP contribution in [0.15, 0.2) is 29.4 Å². The summed E-state index contributed by atoms with van der Waals surface area (Å²) < 4.78 is 2.28. The van der Waals surface area contributed by atoms with E-state index in [0.29, 0.717) is 0 Å². The zero-order chi connectivity index (χ0) is 12.9. The summed E-state index contributed by atoms with van der Waals surface area (Å²) in [4.78, 5) is 0. The van der Waals surface area contributed by atoms with Crippen molar-refractivity contribution in [1.29, 1.82) is 0 Å². The molecule has 0 unspecified atom stereocenters. The van der Waals surface area contributed by atoms with Crippen molar-refractivity contribution < 1.29 is 5.21 Å². The predicted molar refractivity (Wildman–Crippen MR) is 73.4 cm³/mol. The highest BCUT2D eigenvalue weighted by molar-refractivity contribution is 6.09. The molecule has 2 aromatic rings. The molecule has 0 radical (unpaired) electrons. The van der Waals surface area contributed by atoms with Crippen LogP contribution in [0, 0.1) is 12.3 Å². The van der Waals surface area contributed by atoms with E-state index >= 15 is 0 Å². The highest BCUT2D eigenvalue weighted by Gasteiger charge is 2.35. The van der Waals surface area contributed by atoms with Crippen LogP contribution < -0.4 is 0 Å². The summed E-state index contributed by atoms with van der Waals surface area (Å²) in [5, 5.41) is 14.2. The zero-order valence-electron chi connectivity index (χ0n) is 11.1. The smallest absolute Gasteiger partial charge is 0.109 e. The molecule has 0 atom stereocenters. The van der Waals surface area contributed by atoms with E-state index in [1.807, 2.05) is 0 Å². The average molecular weight is 242 g/mol. The first-order valence-corrected chi connectivity index (χ1v) is 6.37. The van der Waals surface area contributed by atoms with Crippen LogP contribution in [-0.4, -0.2) is 15.5 Å². The van der Waals surface area contributed by atoms with Crippen LogP contribution >= 0.6 is 0 Å². The monoisotopic (exact) mass is 242 g/mol. The van der Waals surface area contributed by atoms with Crippen molar-refractivity contribution >= 4 is 16.6 Å². The number of para-hydroxylation sites is 1. The van der Waals surface area contributed by atoms with Crippen molar-refractivity contribution in [3.63, 3.8) is 0 Å². The molecule has 0 saturated heterocycles. The minimum atomic E-state index is -0.0656. The number of aromatic nitrogens is 1. The third kappa shape index (κ3) is 1.33. The van der Waals surface area contributed by atoms with E-state index in [2.05, 4.69) is 54.8 Å². The summed E-state index contributed by atoms with van der Waals surface area (Å²) in [6.07, 6.45) is 0.998. The first-order valence-electron chi connectivity index (χ1n) is 6.37. The van der Waals surface area contributed by atoms with Gasteiger partial charge < -0.3 is 9.77 Å². The lowest BCUT2D eigenvalue weighted by Crippen LogP contribution is -2.34. The molecule has 0 bridgehead atoms. The maximum atomic E-state index is 9.40. The molecule has 2 heterocycles. The lowest BCUT2D eigenvalue weighted by Gasteiger charge is -2.32. The number of hydrogen-bond donors (Lipinski definition) is 1. The fraction of sp³-hybridized carbons (Fsp3) is 0.400. The van der Waals surface area contributed by atoms with E-state index in [1.54, 1.807) is 0 Å². The van der Waals surface area contributed by atoms with Crippen molar-refractivity contribution in [2.45, 2.75) is 33.7 Å². The minimum Gasteiger partial charge on any atom is -0.411 e. The summed E-state index contributed by atoms with van der Waals surface area (Å²) in [5.74, 6) is 0. The maximum Gasteiger partial charge on any atom is 0.109 e. The number of benzene rings is 1. The number of oxime groups is 1. The van der Waals surface area contributed by atoms with Crippen LogP contribution in [0.3, 0.4) is 0 Å². The summed E-state index contributed by atoms with van der Waals surface area (Å²) in [7, 11) is 0. The molecular weight excluding hydrogens is 224 g/mol. The van der Waals surface area contributed by atoms with E-state index in [9.17, 15) is 5.21 Å². The van der Waals surface area contributed by atoms with Gasteiger partial charge in [0.15, 0.2) is 0 Å². The Morgan fingerprint density at radius 3 is 2.72 bits per heavy atom. The zero-order valence-corrected chi connectivity index (χ0v) is 11.1. The van der Waals surface area contributed by atoms with Crippen LogP contribution in [0.4, 0.5) is 0 Å². The lowest BCUT2D eigenvalue weighted by atomic mass is 9.79. The maximum absolute atomic E-state index is 9.40. The van der Waals surface area contributed by atoms with E-state index < -0.39 is 0 Å². The average Bonchev–Trinajstić information content (AvgIpc) is 2.63. The fourth-order valence-corrected chi connectivity index (χ4v) is 3.03.